The minimum atomic E-state index is -0.714. The van der Waals surface area contributed by atoms with Crippen molar-refractivity contribution in [1.82, 2.24) is 4.90 Å². The maximum absolute atomic E-state index is 13.6. The number of nitrogens with zero attached hydrogens (tertiary/aromatic N) is 1. The first-order chi connectivity index (χ1) is 11.1. The van der Waals surface area contributed by atoms with Gasteiger partial charge in [0.15, 0.2) is 0 Å². The van der Waals surface area contributed by atoms with E-state index >= 15 is 0 Å². The van der Waals surface area contributed by atoms with Gasteiger partial charge in [0.2, 0.25) is 5.91 Å². The van der Waals surface area contributed by atoms with E-state index in [1.807, 2.05) is 0 Å². The van der Waals surface area contributed by atoms with Crippen LogP contribution in [0, 0.1) is 11.6 Å². The van der Waals surface area contributed by atoms with E-state index in [0.29, 0.717) is 24.3 Å². The molecule has 1 N–H and O–H groups in total. The molecule has 0 radical (unpaired) electrons. The Bertz CT molecular complexity index is 734. The Balaban J connectivity index is 1.76. The second-order valence-corrected chi connectivity index (χ2v) is 6.19. The van der Waals surface area contributed by atoms with Gasteiger partial charge in [0.1, 0.15) is 17.7 Å². The van der Waals surface area contributed by atoms with E-state index < -0.39 is 23.6 Å². The number of nitrogens with one attached hydrogen (secondary N) is 1. The molecule has 0 bridgehead atoms. The summed E-state index contributed by atoms with van der Waals surface area (Å²) in [7, 11) is 0. The lowest BCUT2D eigenvalue weighted by Crippen LogP contribution is -2.43. The molecule has 7 heteroatoms. The van der Waals surface area contributed by atoms with Gasteiger partial charge in [0.05, 0.1) is 10.6 Å². The molecule has 0 spiro atoms. The molecule has 1 aromatic heterocycles. The number of rotatable bonds is 3. The third kappa shape index (κ3) is 3.24. The zero-order valence-corrected chi connectivity index (χ0v) is 12.9. The number of hydrogen-bond donors (Lipinski definition) is 1. The van der Waals surface area contributed by atoms with Crippen molar-refractivity contribution in [1.29, 1.82) is 0 Å². The van der Waals surface area contributed by atoms with E-state index in [1.165, 1.54) is 16.2 Å². The molecule has 1 fully saturated rings. The molecular weight excluding hydrogens is 322 g/mol. The van der Waals surface area contributed by atoms with Gasteiger partial charge >= 0.3 is 0 Å². The molecule has 0 aliphatic carbocycles. The highest BCUT2D eigenvalue weighted by molar-refractivity contribution is 7.12. The molecule has 0 saturated carbocycles. The van der Waals surface area contributed by atoms with Gasteiger partial charge in [-0.1, -0.05) is 6.07 Å². The van der Waals surface area contributed by atoms with Crippen molar-refractivity contribution in [2.24, 2.45) is 0 Å². The summed E-state index contributed by atoms with van der Waals surface area (Å²) in [5.41, 5.74) is -0.217. The summed E-state index contributed by atoms with van der Waals surface area (Å²) in [6, 6.07) is 5.65. The number of carbonyl (C=O) groups excluding carboxylic acids is 2. The molecule has 120 valence electrons. The van der Waals surface area contributed by atoms with Crippen LogP contribution in [0.25, 0.3) is 0 Å². The number of hydrogen-bond acceptors (Lipinski definition) is 3. The van der Waals surface area contributed by atoms with Crippen molar-refractivity contribution in [2.75, 3.05) is 11.9 Å². The molecule has 2 heterocycles. The number of thiophene rings is 1. The smallest absolute Gasteiger partial charge is 0.264 e. The molecule has 1 aliphatic rings. The van der Waals surface area contributed by atoms with E-state index in [4.69, 9.17) is 0 Å². The third-order valence-electron chi connectivity index (χ3n) is 3.73. The average Bonchev–Trinajstić information content (AvgIpc) is 3.20. The summed E-state index contributed by atoms with van der Waals surface area (Å²) >= 11 is 1.31. The summed E-state index contributed by atoms with van der Waals surface area (Å²) in [5, 5.41) is 4.17. The van der Waals surface area contributed by atoms with Gasteiger partial charge in [0.25, 0.3) is 5.91 Å². The Labute approximate surface area is 135 Å². The van der Waals surface area contributed by atoms with Crippen molar-refractivity contribution in [2.45, 2.75) is 18.9 Å². The number of benzene rings is 1. The van der Waals surface area contributed by atoms with Crippen LogP contribution in [0.5, 0.6) is 0 Å². The molecule has 1 saturated heterocycles. The molecule has 4 nitrogen and oxygen atoms in total. The van der Waals surface area contributed by atoms with Gasteiger partial charge in [-0.2, -0.15) is 0 Å². The summed E-state index contributed by atoms with van der Waals surface area (Å²) in [4.78, 5) is 26.8. The van der Waals surface area contributed by atoms with E-state index in [0.717, 1.165) is 18.2 Å². The quantitative estimate of drug-likeness (QED) is 0.935. The fraction of sp³-hybridized carbons (Fsp3) is 0.250. The first kappa shape index (κ1) is 15.6. The van der Waals surface area contributed by atoms with E-state index in [9.17, 15) is 18.4 Å². The fourth-order valence-electron chi connectivity index (χ4n) is 2.63. The van der Waals surface area contributed by atoms with Crippen LogP contribution in [0.1, 0.15) is 22.5 Å². The third-order valence-corrected chi connectivity index (χ3v) is 4.59. The number of halogens is 2. The maximum Gasteiger partial charge on any atom is 0.264 e. The Morgan fingerprint density at radius 3 is 2.83 bits per heavy atom. The van der Waals surface area contributed by atoms with Gasteiger partial charge < -0.3 is 10.2 Å². The lowest BCUT2D eigenvalue weighted by molar-refractivity contribution is -0.119. The topological polar surface area (TPSA) is 49.4 Å². The highest BCUT2D eigenvalue weighted by atomic mass is 32.1. The van der Waals surface area contributed by atoms with Gasteiger partial charge in [-0.05, 0) is 36.4 Å². The summed E-state index contributed by atoms with van der Waals surface area (Å²) in [5.74, 6) is -2.07. The molecule has 1 aliphatic heterocycles. The van der Waals surface area contributed by atoms with E-state index in [1.54, 1.807) is 17.5 Å². The van der Waals surface area contributed by atoms with Gasteiger partial charge in [-0.25, -0.2) is 8.78 Å². The zero-order chi connectivity index (χ0) is 16.4. The molecule has 1 atom stereocenters. The molecular formula is C16H14F2N2O2S. The molecule has 2 aromatic rings. The predicted molar refractivity (Wildman–Crippen MR) is 83.4 cm³/mol. The minimum Gasteiger partial charge on any atom is -0.326 e. The lowest BCUT2D eigenvalue weighted by Gasteiger charge is -2.23. The van der Waals surface area contributed by atoms with Gasteiger partial charge in [-0.3, -0.25) is 9.59 Å². The second-order valence-electron chi connectivity index (χ2n) is 5.25. The van der Waals surface area contributed by atoms with Crippen molar-refractivity contribution < 1.29 is 18.4 Å². The van der Waals surface area contributed by atoms with E-state index in [-0.39, 0.29) is 11.6 Å². The van der Waals surface area contributed by atoms with Gasteiger partial charge in [-0.15, -0.1) is 11.3 Å². The van der Waals surface area contributed by atoms with Crippen molar-refractivity contribution in [3.63, 3.8) is 0 Å². The van der Waals surface area contributed by atoms with Crippen molar-refractivity contribution in [3.8, 4) is 0 Å². The largest absolute Gasteiger partial charge is 0.326 e. The number of carbonyl (C=O) groups is 2. The highest BCUT2D eigenvalue weighted by Gasteiger charge is 2.35. The lowest BCUT2D eigenvalue weighted by atomic mass is 10.2. The molecule has 0 unspecified atom stereocenters. The van der Waals surface area contributed by atoms with Crippen LogP contribution in [0.2, 0.25) is 0 Å². The number of likely N-dealkylation sites (tertiary alicyclic amines) is 1. The standard InChI is InChI=1S/C16H14F2N2O2S/c17-10-5-6-11(18)12(9-10)19-15(21)13-3-1-7-20(13)16(22)14-4-2-8-23-14/h2,4-6,8-9,13H,1,3,7H2,(H,19,21)/t13-/m1/s1. The SMILES string of the molecule is O=C(Nc1cc(F)ccc1F)[C@H]1CCCN1C(=O)c1cccs1. The number of amides is 2. The Morgan fingerprint density at radius 1 is 1.26 bits per heavy atom. The first-order valence-electron chi connectivity index (χ1n) is 7.16. The Kier molecular flexibility index (Phi) is 4.38. The van der Waals surface area contributed by atoms with Gasteiger partial charge in [0, 0.05) is 12.6 Å². The minimum absolute atomic E-state index is 0.211. The normalized spacial score (nSPS) is 17.3. The van der Waals surface area contributed by atoms with Crippen molar-refractivity contribution >= 4 is 28.8 Å². The Morgan fingerprint density at radius 2 is 2.09 bits per heavy atom. The summed E-state index contributed by atoms with van der Waals surface area (Å²) < 4.78 is 26.8. The predicted octanol–water partition coefficient (Wildman–Crippen LogP) is 3.27. The Hall–Kier alpha value is -2.28. The summed E-state index contributed by atoms with van der Waals surface area (Å²) in [6.07, 6.45) is 1.20. The molecule has 23 heavy (non-hydrogen) atoms. The van der Waals surface area contributed by atoms with Crippen LogP contribution in [0.4, 0.5) is 14.5 Å². The maximum atomic E-state index is 13.6. The molecule has 1 aromatic carbocycles. The second kappa shape index (κ2) is 6.45. The molecule has 2 amide bonds. The summed E-state index contributed by atoms with van der Waals surface area (Å²) in [6.45, 7) is 0.473. The fourth-order valence-corrected chi connectivity index (χ4v) is 3.31. The monoisotopic (exact) mass is 336 g/mol. The van der Waals surface area contributed by atoms with Crippen LogP contribution in [-0.2, 0) is 4.79 Å². The first-order valence-corrected chi connectivity index (χ1v) is 8.04. The molecule has 3 rings (SSSR count). The van der Waals surface area contributed by atoms with Crippen LogP contribution in [0.3, 0.4) is 0 Å². The van der Waals surface area contributed by atoms with Crippen LogP contribution in [0.15, 0.2) is 35.7 Å². The average molecular weight is 336 g/mol. The highest BCUT2D eigenvalue weighted by Crippen LogP contribution is 2.24. The van der Waals surface area contributed by atoms with Crippen LogP contribution < -0.4 is 5.32 Å². The van der Waals surface area contributed by atoms with Crippen molar-refractivity contribution in [3.05, 3.63) is 52.2 Å². The van der Waals surface area contributed by atoms with E-state index in [2.05, 4.69) is 5.32 Å². The zero-order valence-electron chi connectivity index (χ0n) is 12.1. The van der Waals surface area contributed by atoms with Crippen LogP contribution >= 0.6 is 11.3 Å². The number of anilines is 1. The van der Waals surface area contributed by atoms with Crippen LogP contribution in [-0.4, -0.2) is 29.3 Å².